The Balaban J connectivity index is 1.43. The van der Waals surface area contributed by atoms with Crippen LogP contribution in [0.15, 0.2) is 35.7 Å². The van der Waals surface area contributed by atoms with Crippen LogP contribution in [0.25, 0.3) is 11.4 Å². The van der Waals surface area contributed by atoms with Gasteiger partial charge in [-0.3, -0.25) is 0 Å². The zero-order chi connectivity index (χ0) is 18.1. The number of fused-ring (bicyclic) bond motifs is 1. The number of hydrogen-bond acceptors (Lipinski definition) is 4. The van der Waals surface area contributed by atoms with E-state index in [1.807, 2.05) is 24.3 Å². The lowest BCUT2D eigenvalue weighted by Gasteiger charge is -2.14. The first-order valence-electron chi connectivity index (χ1n) is 8.42. The highest BCUT2D eigenvalue weighted by Gasteiger charge is 2.32. The van der Waals surface area contributed by atoms with E-state index in [4.69, 9.17) is 0 Å². The van der Waals surface area contributed by atoms with Crippen molar-refractivity contribution in [2.24, 2.45) is 0 Å². The topological polar surface area (TPSA) is 42.7 Å². The second kappa shape index (κ2) is 6.75. The van der Waals surface area contributed by atoms with Crippen LogP contribution < -0.4 is 5.32 Å². The lowest BCUT2D eigenvalue weighted by Crippen LogP contribution is -2.11. The standard InChI is InChI=1S/C18H17F3N4S/c19-18(20,21)15-9-12(11-26-15)10-22-14-6-4-13(5-7-14)17-24-23-16-3-1-2-8-25(16)17/h4-7,9,11,22H,1-3,8,10H2. The van der Waals surface area contributed by atoms with Crippen LogP contribution in [0.5, 0.6) is 0 Å². The van der Waals surface area contributed by atoms with Gasteiger partial charge in [0.1, 0.15) is 10.7 Å². The van der Waals surface area contributed by atoms with Crippen molar-refractivity contribution in [3.05, 3.63) is 52.0 Å². The van der Waals surface area contributed by atoms with Crippen molar-refractivity contribution in [1.82, 2.24) is 14.8 Å². The molecule has 0 aliphatic carbocycles. The van der Waals surface area contributed by atoms with Crippen molar-refractivity contribution in [3.8, 4) is 11.4 Å². The number of aryl methyl sites for hydroxylation is 1. The van der Waals surface area contributed by atoms with Gasteiger partial charge in [-0.2, -0.15) is 13.2 Å². The molecule has 0 amide bonds. The van der Waals surface area contributed by atoms with E-state index >= 15 is 0 Å². The number of rotatable bonds is 4. The Labute approximate surface area is 152 Å². The Hall–Kier alpha value is -2.35. The summed E-state index contributed by atoms with van der Waals surface area (Å²) in [4.78, 5) is -0.568. The minimum Gasteiger partial charge on any atom is -0.381 e. The summed E-state index contributed by atoms with van der Waals surface area (Å²) in [5.41, 5.74) is 2.47. The Morgan fingerprint density at radius 3 is 2.65 bits per heavy atom. The Morgan fingerprint density at radius 2 is 1.92 bits per heavy atom. The molecule has 4 nitrogen and oxygen atoms in total. The molecule has 8 heteroatoms. The van der Waals surface area contributed by atoms with Crippen molar-refractivity contribution < 1.29 is 13.2 Å². The quantitative estimate of drug-likeness (QED) is 0.697. The summed E-state index contributed by atoms with van der Waals surface area (Å²) in [7, 11) is 0. The molecular formula is C18H17F3N4S. The molecule has 136 valence electrons. The van der Waals surface area contributed by atoms with Crippen molar-refractivity contribution in [2.45, 2.75) is 38.5 Å². The molecule has 1 aliphatic heterocycles. The predicted molar refractivity (Wildman–Crippen MR) is 95.0 cm³/mol. The molecule has 0 fully saturated rings. The first-order valence-corrected chi connectivity index (χ1v) is 9.30. The molecule has 0 spiro atoms. The summed E-state index contributed by atoms with van der Waals surface area (Å²) in [6.45, 7) is 1.30. The van der Waals surface area contributed by atoms with Crippen LogP contribution in [0.3, 0.4) is 0 Å². The van der Waals surface area contributed by atoms with Crippen molar-refractivity contribution >= 4 is 17.0 Å². The lowest BCUT2D eigenvalue weighted by atomic mass is 10.1. The van der Waals surface area contributed by atoms with E-state index in [1.54, 1.807) is 0 Å². The van der Waals surface area contributed by atoms with E-state index < -0.39 is 11.1 Å². The van der Waals surface area contributed by atoms with E-state index in [1.165, 1.54) is 11.4 Å². The zero-order valence-electron chi connectivity index (χ0n) is 13.9. The second-order valence-corrected chi connectivity index (χ2v) is 7.21. The van der Waals surface area contributed by atoms with Crippen LogP contribution in [0.1, 0.15) is 29.1 Å². The smallest absolute Gasteiger partial charge is 0.381 e. The number of aromatic nitrogens is 3. The van der Waals surface area contributed by atoms with E-state index in [0.29, 0.717) is 12.1 Å². The number of thiophene rings is 1. The largest absolute Gasteiger partial charge is 0.425 e. The molecule has 0 bridgehead atoms. The van der Waals surface area contributed by atoms with Crippen LogP contribution in [-0.4, -0.2) is 14.8 Å². The third kappa shape index (κ3) is 3.46. The molecule has 26 heavy (non-hydrogen) atoms. The van der Waals surface area contributed by atoms with Gasteiger partial charge in [-0.05, 0) is 54.1 Å². The molecular weight excluding hydrogens is 361 g/mol. The third-order valence-electron chi connectivity index (χ3n) is 4.43. The fourth-order valence-electron chi connectivity index (χ4n) is 3.08. The van der Waals surface area contributed by atoms with Crippen LogP contribution in [-0.2, 0) is 25.7 Å². The maximum atomic E-state index is 12.6. The minimum atomic E-state index is -4.28. The highest BCUT2D eigenvalue weighted by atomic mass is 32.1. The Kier molecular flexibility index (Phi) is 4.44. The first-order chi connectivity index (χ1) is 12.5. The van der Waals surface area contributed by atoms with Gasteiger partial charge in [-0.25, -0.2) is 0 Å². The summed E-state index contributed by atoms with van der Waals surface area (Å²) >= 11 is 0.722. The zero-order valence-corrected chi connectivity index (χ0v) is 14.7. The number of benzene rings is 1. The van der Waals surface area contributed by atoms with Gasteiger partial charge in [0.2, 0.25) is 0 Å². The normalized spacial score (nSPS) is 14.3. The highest BCUT2D eigenvalue weighted by molar-refractivity contribution is 7.10. The highest BCUT2D eigenvalue weighted by Crippen LogP contribution is 2.34. The van der Waals surface area contributed by atoms with Gasteiger partial charge in [0.05, 0.1) is 0 Å². The van der Waals surface area contributed by atoms with Crippen molar-refractivity contribution in [1.29, 1.82) is 0 Å². The molecule has 2 aromatic heterocycles. The molecule has 0 radical (unpaired) electrons. The van der Waals surface area contributed by atoms with Gasteiger partial charge in [-0.15, -0.1) is 21.5 Å². The van der Waals surface area contributed by atoms with Crippen molar-refractivity contribution in [3.63, 3.8) is 0 Å². The molecule has 3 aromatic rings. The maximum Gasteiger partial charge on any atom is 0.425 e. The van der Waals surface area contributed by atoms with Crippen LogP contribution in [0.4, 0.5) is 18.9 Å². The molecule has 4 rings (SSSR count). The SMILES string of the molecule is FC(F)(F)c1cc(CNc2ccc(-c3nnc4n3CCCC4)cc2)cs1. The average Bonchev–Trinajstić information content (AvgIpc) is 3.27. The van der Waals surface area contributed by atoms with Crippen LogP contribution >= 0.6 is 11.3 Å². The summed E-state index contributed by atoms with van der Waals surface area (Å²) < 4.78 is 40.1. The summed E-state index contributed by atoms with van der Waals surface area (Å²) in [5, 5.41) is 13.3. The third-order valence-corrected chi connectivity index (χ3v) is 5.46. The predicted octanol–water partition coefficient (Wildman–Crippen LogP) is 4.97. The van der Waals surface area contributed by atoms with Gasteiger partial charge in [0.25, 0.3) is 0 Å². The summed E-state index contributed by atoms with van der Waals surface area (Å²) in [5.74, 6) is 1.91. The Morgan fingerprint density at radius 1 is 1.12 bits per heavy atom. The fourth-order valence-corrected chi connectivity index (χ4v) is 3.86. The number of anilines is 1. The van der Waals surface area contributed by atoms with Crippen LogP contribution in [0.2, 0.25) is 0 Å². The van der Waals surface area contributed by atoms with Crippen molar-refractivity contribution in [2.75, 3.05) is 5.32 Å². The van der Waals surface area contributed by atoms with Crippen LogP contribution in [0, 0.1) is 0 Å². The maximum absolute atomic E-state index is 12.6. The molecule has 0 saturated heterocycles. The Bertz CT molecular complexity index is 896. The molecule has 1 aromatic carbocycles. The number of alkyl halides is 3. The molecule has 0 unspecified atom stereocenters. The van der Waals surface area contributed by atoms with Gasteiger partial charge < -0.3 is 9.88 Å². The van der Waals surface area contributed by atoms with Gasteiger partial charge >= 0.3 is 6.18 Å². The van der Waals surface area contributed by atoms with E-state index in [-0.39, 0.29) is 0 Å². The van der Waals surface area contributed by atoms with Gasteiger partial charge in [0, 0.05) is 30.8 Å². The minimum absolute atomic E-state index is 0.353. The van der Waals surface area contributed by atoms with Gasteiger partial charge in [0.15, 0.2) is 5.82 Å². The molecule has 1 aliphatic rings. The average molecular weight is 378 g/mol. The second-order valence-electron chi connectivity index (χ2n) is 6.30. The molecule has 0 saturated carbocycles. The summed E-state index contributed by atoms with van der Waals surface area (Å²) in [6, 6.07) is 8.94. The molecule has 0 atom stereocenters. The number of nitrogens with zero attached hydrogens (tertiary/aromatic N) is 3. The number of halogens is 3. The van der Waals surface area contributed by atoms with E-state index in [9.17, 15) is 13.2 Å². The number of nitrogens with one attached hydrogen (secondary N) is 1. The summed E-state index contributed by atoms with van der Waals surface area (Å²) in [6.07, 6.45) is -1.02. The monoisotopic (exact) mass is 378 g/mol. The van der Waals surface area contributed by atoms with E-state index in [0.717, 1.165) is 60.0 Å². The molecule has 1 N–H and O–H groups in total. The van der Waals surface area contributed by atoms with E-state index in [2.05, 4.69) is 20.1 Å². The fraction of sp³-hybridized carbons (Fsp3) is 0.333. The van der Waals surface area contributed by atoms with Gasteiger partial charge in [-0.1, -0.05) is 0 Å². The number of hydrogen-bond donors (Lipinski definition) is 1. The molecule has 3 heterocycles. The first kappa shape index (κ1) is 17.1. The lowest BCUT2D eigenvalue weighted by molar-refractivity contribution is -0.134.